The molecule has 1 aliphatic rings. The van der Waals surface area contributed by atoms with Crippen LogP contribution in [0.2, 0.25) is 0 Å². The number of hydrogen-bond acceptors (Lipinski definition) is 3. The maximum absolute atomic E-state index is 6.33. The van der Waals surface area contributed by atoms with E-state index in [9.17, 15) is 0 Å². The molecule has 4 rings (SSSR count). The van der Waals surface area contributed by atoms with E-state index in [2.05, 4.69) is 67.7 Å². The highest BCUT2D eigenvalue weighted by Gasteiger charge is 2.24. The van der Waals surface area contributed by atoms with Crippen molar-refractivity contribution in [2.45, 2.75) is 32.6 Å². The zero-order chi connectivity index (χ0) is 17.2. The summed E-state index contributed by atoms with van der Waals surface area (Å²) in [5.74, 6) is 2.18. The molecule has 2 heterocycles. The van der Waals surface area contributed by atoms with Gasteiger partial charge in [0.05, 0.1) is 0 Å². The zero-order valence-electron chi connectivity index (χ0n) is 14.9. The summed E-state index contributed by atoms with van der Waals surface area (Å²) in [6.45, 7) is 6.28. The summed E-state index contributed by atoms with van der Waals surface area (Å²) >= 11 is 0. The van der Waals surface area contributed by atoms with Crippen LogP contribution >= 0.6 is 0 Å². The van der Waals surface area contributed by atoms with Crippen molar-refractivity contribution in [1.82, 2.24) is 10.3 Å². The Morgan fingerprint density at radius 2 is 1.40 bits per heavy atom. The fourth-order valence-electron chi connectivity index (χ4n) is 3.39. The summed E-state index contributed by atoms with van der Waals surface area (Å²) in [4.78, 5) is 4.94. The minimum atomic E-state index is 0.407. The summed E-state index contributed by atoms with van der Waals surface area (Å²) in [5, 5.41) is 3.41. The van der Waals surface area contributed by atoms with E-state index < -0.39 is 0 Å². The standard InChI is InChI=1S/C22H24N2O/c1-15-3-7-17(8-4-15)20-21(18-9-5-16(2)6-10-18)25-22(24-20)19-11-13-23-14-12-19/h3-10,19,23H,11-14H2,1-2H3. The molecule has 1 saturated heterocycles. The number of aryl methyl sites for hydroxylation is 2. The zero-order valence-corrected chi connectivity index (χ0v) is 14.9. The fraction of sp³-hybridized carbons (Fsp3) is 0.318. The Morgan fingerprint density at radius 1 is 0.840 bits per heavy atom. The number of piperidine rings is 1. The van der Waals surface area contributed by atoms with E-state index in [1.54, 1.807) is 0 Å². The van der Waals surface area contributed by atoms with Gasteiger partial charge in [-0.05, 0) is 39.8 Å². The second-order valence-corrected chi connectivity index (χ2v) is 6.99. The topological polar surface area (TPSA) is 38.1 Å². The van der Waals surface area contributed by atoms with Crippen molar-refractivity contribution in [3.05, 3.63) is 65.5 Å². The maximum atomic E-state index is 6.33. The van der Waals surface area contributed by atoms with Gasteiger partial charge in [0.1, 0.15) is 5.69 Å². The molecule has 0 aliphatic carbocycles. The van der Waals surface area contributed by atoms with Crippen LogP contribution in [0.25, 0.3) is 22.6 Å². The first kappa shape index (κ1) is 16.1. The molecule has 0 bridgehead atoms. The van der Waals surface area contributed by atoms with E-state index in [0.29, 0.717) is 5.92 Å². The van der Waals surface area contributed by atoms with Gasteiger partial charge in [-0.2, -0.15) is 0 Å². The van der Waals surface area contributed by atoms with Crippen LogP contribution < -0.4 is 5.32 Å². The molecule has 0 saturated carbocycles. The number of benzene rings is 2. The summed E-state index contributed by atoms with van der Waals surface area (Å²) in [5.41, 5.74) is 5.66. The lowest BCUT2D eigenvalue weighted by Gasteiger charge is -2.19. The molecule has 0 atom stereocenters. The number of nitrogens with zero attached hydrogens (tertiary/aromatic N) is 1. The Balaban J connectivity index is 1.80. The van der Waals surface area contributed by atoms with Crippen LogP contribution in [0.15, 0.2) is 52.9 Å². The third-order valence-electron chi connectivity index (χ3n) is 4.97. The highest BCUT2D eigenvalue weighted by Crippen LogP contribution is 2.36. The molecule has 2 aromatic carbocycles. The van der Waals surface area contributed by atoms with Gasteiger partial charge in [0, 0.05) is 17.0 Å². The third-order valence-corrected chi connectivity index (χ3v) is 4.97. The van der Waals surface area contributed by atoms with Gasteiger partial charge < -0.3 is 9.73 Å². The SMILES string of the molecule is Cc1ccc(-c2nc(C3CCNCC3)oc2-c2ccc(C)cc2)cc1. The molecule has 3 aromatic rings. The van der Waals surface area contributed by atoms with Gasteiger partial charge >= 0.3 is 0 Å². The molecule has 128 valence electrons. The van der Waals surface area contributed by atoms with Crippen molar-refractivity contribution in [2.24, 2.45) is 0 Å². The second-order valence-electron chi connectivity index (χ2n) is 6.99. The second kappa shape index (κ2) is 6.85. The summed E-state index contributed by atoms with van der Waals surface area (Å²) in [6, 6.07) is 17.0. The van der Waals surface area contributed by atoms with E-state index in [1.807, 2.05) is 0 Å². The normalized spacial score (nSPS) is 15.4. The molecule has 1 N–H and O–H groups in total. The average molecular weight is 332 g/mol. The van der Waals surface area contributed by atoms with Gasteiger partial charge in [-0.25, -0.2) is 4.98 Å². The van der Waals surface area contributed by atoms with Gasteiger partial charge in [0.15, 0.2) is 11.7 Å². The predicted octanol–water partition coefficient (Wildman–Crippen LogP) is 5.09. The van der Waals surface area contributed by atoms with Crippen molar-refractivity contribution < 1.29 is 4.42 Å². The van der Waals surface area contributed by atoms with Crippen LogP contribution in [-0.4, -0.2) is 18.1 Å². The molecule has 1 fully saturated rings. The molecule has 0 radical (unpaired) electrons. The number of oxazole rings is 1. The van der Waals surface area contributed by atoms with Crippen LogP contribution in [-0.2, 0) is 0 Å². The van der Waals surface area contributed by atoms with Gasteiger partial charge in [0.2, 0.25) is 0 Å². The molecule has 3 nitrogen and oxygen atoms in total. The van der Waals surface area contributed by atoms with E-state index in [0.717, 1.165) is 54.4 Å². The van der Waals surface area contributed by atoms with Crippen molar-refractivity contribution >= 4 is 0 Å². The Kier molecular flexibility index (Phi) is 4.41. The molecule has 0 spiro atoms. The predicted molar refractivity (Wildman–Crippen MR) is 102 cm³/mol. The van der Waals surface area contributed by atoms with Crippen LogP contribution in [0.5, 0.6) is 0 Å². The molecular formula is C22H24N2O. The third kappa shape index (κ3) is 3.38. The highest BCUT2D eigenvalue weighted by atomic mass is 16.4. The molecule has 25 heavy (non-hydrogen) atoms. The first-order chi connectivity index (χ1) is 12.2. The largest absolute Gasteiger partial charge is 0.440 e. The molecule has 1 aromatic heterocycles. The molecule has 3 heteroatoms. The molecular weight excluding hydrogens is 308 g/mol. The van der Waals surface area contributed by atoms with Crippen LogP contribution in [0, 0.1) is 13.8 Å². The number of nitrogens with one attached hydrogen (secondary N) is 1. The lowest BCUT2D eigenvalue weighted by atomic mass is 9.98. The Labute approximate surface area is 149 Å². The number of rotatable bonds is 3. The van der Waals surface area contributed by atoms with E-state index in [4.69, 9.17) is 9.40 Å². The van der Waals surface area contributed by atoms with E-state index in [1.165, 1.54) is 11.1 Å². The van der Waals surface area contributed by atoms with Crippen LogP contribution in [0.4, 0.5) is 0 Å². The van der Waals surface area contributed by atoms with Crippen molar-refractivity contribution in [3.8, 4) is 22.6 Å². The molecule has 1 aliphatic heterocycles. The van der Waals surface area contributed by atoms with Gasteiger partial charge in [-0.3, -0.25) is 0 Å². The number of hydrogen-bond donors (Lipinski definition) is 1. The summed E-state index contributed by atoms with van der Waals surface area (Å²) in [6.07, 6.45) is 2.17. The summed E-state index contributed by atoms with van der Waals surface area (Å²) < 4.78 is 6.33. The first-order valence-corrected chi connectivity index (χ1v) is 9.06. The van der Waals surface area contributed by atoms with Crippen molar-refractivity contribution in [1.29, 1.82) is 0 Å². The van der Waals surface area contributed by atoms with Crippen LogP contribution in [0.3, 0.4) is 0 Å². The fourth-order valence-corrected chi connectivity index (χ4v) is 3.39. The minimum Gasteiger partial charge on any atom is -0.440 e. The molecule has 0 unspecified atom stereocenters. The van der Waals surface area contributed by atoms with Gasteiger partial charge in [-0.1, -0.05) is 59.7 Å². The van der Waals surface area contributed by atoms with Crippen molar-refractivity contribution in [3.63, 3.8) is 0 Å². The quantitative estimate of drug-likeness (QED) is 0.726. The lowest BCUT2D eigenvalue weighted by Crippen LogP contribution is -2.26. The monoisotopic (exact) mass is 332 g/mol. The Morgan fingerprint density at radius 3 is 2.00 bits per heavy atom. The first-order valence-electron chi connectivity index (χ1n) is 9.06. The van der Waals surface area contributed by atoms with Gasteiger partial charge in [0.25, 0.3) is 0 Å². The van der Waals surface area contributed by atoms with E-state index in [-0.39, 0.29) is 0 Å². The Bertz CT molecular complexity index is 778. The maximum Gasteiger partial charge on any atom is 0.198 e. The van der Waals surface area contributed by atoms with Crippen molar-refractivity contribution in [2.75, 3.05) is 13.1 Å². The smallest absolute Gasteiger partial charge is 0.198 e. The van der Waals surface area contributed by atoms with E-state index >= 15 is 0 Å². The Hall–Kier alpha value is -2.39. The molecule has 0 amide bonds. The minimum absolute atomic E-state index is 0.407. The number of aromatic nitrogens is 1. The van der Waals surface area contributed by atoms with Crippen LogP contribution in [0.1, 0.15) is 35.8 Å². The average Bonchev–Trinajstić information content (AvgIpc) is 3.09. The lowest BCUT2D eigenvalue weighted by molar-refractivity contribution is 0.378. The highest BCUT2D eigenvalue weighted by molar-refractivity contribution is 5.77. The summed E-state index contributed by atoms with van der Waals surface area (Å²) in [7, 11) is 0. The van der Waals surface area contributed by atoms with Gasteiger partial charge in [-0.15, -0.1) is 0 Å².